The monoisotopic (exact) mass is 293 g/mol. The van der Waals surface area contributed by atoms with E-state index in [0.717, 1.165) is 17.8 Å². The Bertz CT molecular complexity index is 653. The van der Waals surface area contributed by atoms with Gasteiger partial charge in [-0.3, -0.25) is 0 Å². The zero-order valence-corrected chi connectivity index (χ0v) is 12.0. The predicted octanol–water partition coefficient (Wildman–Crippen LogP) is 3.63. The van der Waals surface area contributed by atoms with Crippen molar-refractivity contribution in [1.29, 1.82) is 0 Å². The SMILES string of the molecule is C#CCn1c(CC)nc(-c2ccc(Cl)c(Cl)c2)c1N. The molecule has 2 N–H and O–H groups in total. The lowest BCUT2D eigenvalue weighted by atomic mass is 10.1. The molecule has 0 amide bonds. The third-order valence-corrected chi connectivity index (χ3v) is 3.58. The fourth-order valence-electron chi connectivity index (χ4n) is 1.91. The van der Waals surface area contributed by atoms with Crippen molar-refractivity contribution in [3.05, 3.63) is 34.1 Å². The van der Waals surface area contributed by atoms with E-state index in [2.05, 4.69) is 10.9 Å². The fraction of sp³-hybridized carbons (Fsp3) is 0.214. The van der Waals surface area contributed by atoms with Crippen molar-refractivity contribution >= 4 is 29.0 Å². The molecule has 1 heterocycles. The van der Waals surface area contributed by atoms with Gasteiger partial charge < -0.3 is 10.3 Å². The first-order valence-corrected chi connectivity index (χ1v) is 6.57. The minimum atomic E-state index is 0.406. The number of benzene rings is 1. The number of imidazole rings is 1. The maximum Gasteiger partial charge on any atom is 0.132 e. The normalized spacial score (nSPS) is 10.4. The topological polar surface area (TPSA) is 43.8 Å². The van der Waals surface area contributed by atoms with Crippen LogP contribution in [0.25, 0.3) is 11.3 Å². The van der Waals surface area contributed by atoms with Gasteiger partial charge in [0.05, 0.1) is 16.6 Å². The van der Waals surface area contributed by atoms with Crippen molar-refractivity contribution in [3.63, 3.8) is 0 Å². The Morgan fingerprint density at radius 2 is 2.11 bits per heavy atom. The Balaban J connectivity index is 2.56. The molecular weight excluding hydrogens is 281 g/mol. The second-order valence-electron chi connectivity index (χ2n) is 4.03. The lowest BCUT2D eigenvalue weighted by molar-refractivity contribution is 0.769. The Labute approximate surface area is 122 Å². The first-order valence-electron chi connectivity index (χ1n) is 5.82. The van der Waals surface area contributed by atoms with E-state index in [1.54, 1.807) is 12.1 Å². The molecule has 3 nitrogen and oxygen atoms in total. The van der Waals surface area contributed by atoms with Gasteiger partial charge in [0.1, 0.15) is 17.3 Å². The maximum atomic E-state index is 6.11. The van der Waals surface area contributed by atoms with Crippen molar-refractivity contribution in [2.75, 3.05) is 5.73 Å². The molecule has 0 radical (unpaired) electrons. The molecule has 1 aromatic carbocycles. The Morgan fingerprint density at radius 1 is 1.37 bits per heavy atom. The fourth-order valence-corrected chi connectivity index (χ4v) is 2.21. The molecule has 5 heteroatoms. The number of nitrogens with two attached hydrogens (primary N) is 1. The van der Waals surface area contributed by atoms with Gasteiger partial charge in [0.25, 0.3) is 0 Å². The van der Waals surface area contributed by atoms with Gasteiger partial charge in [-0.2, -0.15) is 0 Å². The van der Waals surface area contributed by atoms with E-state index in [9.17, 15) is 0 Å². The number of nitrogen functional groups attached to an aromatic ring is 1. The molecule has 2 rings (SSSR count). The van der Waals surface area contributed by atoms with E-state index in [0.29, 0.717) is 28.1 Å². The summed E-state index contributed by atoms with van der Waals surface area (Å²) in [5, 5.41) is 0.978. The first kappa shape index (κ1) is 13.8. The lowest BCUT2D eigenvalue weighted by Gasteiger charge is -2.04. The Kier molecular flexibility index (Phi) is 4.04. The molecule has 0 fully saturated rings. The van der Waals surface area contributed by atoms with Gasteiger partial charge in [-0.25, -0.2) is 4.98 Å². The minimum absolute atomic E-state index is 0.406. The number of hydrogen-bond acceptors (Lipinski definition) is 2. The molecule has 0 saturated heterocycles. The molecule has 1 aromatic heterocycles. The van der Waals surface area contributed by atoms with Gasteiger partial charge in [-0.1, -0.05) is 42.1 Å². The van der Waals surface area contributed by atoms with Gasteiger partial charge in [-0.15, -0.1) is 6.42 Å². The van der Waals surface area contributed by atoms with Gasteiger partial charge in [-0.05, 0) is 12.1 Å². The predicted molar refractivity (Wildman–Crippen MR) is 80.3 cm³/mol. The van der Waals surface area contributed by atoms with Gasteiger partial charge in [0.2, 0.25) is 0 Å². The van der Waals surface area contributed by atoms with Crippen molar-refractivity contribution in [3.8, 4) is 23.6 Å². The van der Waals surface area contributed by atoms with Crippen LogP contribution in [0.15, 0.2) is 18.2 Å². The van der Waals surface area contributed by atoms with E-state index in [-0.39, 0.29) is 0 Å². The number of aromatic nitrogens is 2. The van der Waals surface area contributed by atoms with Crippen LogP contribution in [0.4, 0.5) is 5.82 Å². The van der Waals surface area contributed by atoms with Crippen LogP contribution in [0.2, 0.25) is 10.0 Å². The smallest absolute Gasteiger partial charge is 0.132 e. The molecule has 98 valence electrons. The third-order valence-electron chi connectivity index (χ3n) is 2.84. The summed E-state index contributed by atoms with van der Waals surface area (Å²) in [5.74, 6) is 3.99. The molecule has 2 aromatic rings. The summed E-state index contributed by atoms with van der Waals surface area (Å²) in [7, 11) is 0. The number of rotatable bonds is 3. The number of anilines is 1. The highest BCUT2D eigenvalue weighted by Gasteiger charge is 2.15. The van der Waals surface area contributed by atoms with Crippen LogP contribution in [-0.4, -0.2) is 9.55 Å². The van der Waals surface area contributed by atoms with Crippen LogP contribution >= 0.6 is 23.2 Å². The maximum absolute atomic E-state index is 6.11. The average molecular weight is 294 g/mol. The van der Waals surface area contributed by atoms with E-state index < -0.39 is 0 Å². The van der Waals surface area contributed by atoms with Crippen molar-refractivity contribution in [2.24, 2.45) is 0 Å². The molecule has 0 aliphatic carbocycles. The lowest BCUT2D eigenvalue weighted by Crippen LogP contribution is -2.05. The minimum Gasteiger partial charge on any atom is -0.383 e. The van der Waals surface area contributed by atoms with Gasteiger partial charge in [0.15, 0.2) is 0 Å². The summed E-state index contributed by atoms with van der Waals surface area (Å²) >= 11 is 11.9. The van der Waals surface area contributed by atoms with Crippen molar-refractivity contribution < 1.29 is 0 Å². The zero-order valence-electron chi connectivity index (χ0n) is 10.5. The summed E-state index contributed by atoms with van der Waals surface area (Å²) in [5.41, 5.74) is 7.63. The number of aryl methyl sites for hydroxylation is 1. The zero-order chi connectivity index (χ0) is 14.0. The van der Waals surface area contributed by atoms with Crippen LogP contribution < -0.4 is 5.73 Å². The summed E-state index contributed by atoms with van der Waals surface area (Å²) < 4.78 is 1.83. The number of nitrogens with zero attached hydrogens (tertiary/aromatic N) is 2. The summed E-state index contributed by atoms with van der Waals surface area (Å²) in [4.78, 5) is 4.53. The molecule has 0 bridgehead atoms. The molecule has 0 atom stereocenters. The summed E-state index contributed by atoms with van der Waals surface area (Å²) in [6.07, 6.45) is 6.11. The van der Waals surface area contributed by atoms with Crippen LogP contribution in [0.5, 0.6) is 0 Å². The van der Waals surface area contributed by atoms with E-state index >= 15 is 0 Å². The van der Waals surface area contributed by atoms with Gasteiger partial charge >= 0.3 is 0 Å². The summed E-state index contributed by atoms with van der Waals surface area (Å²) in [6, 6.07) is 5.32. The second kappa shape index (κ2) is 5.56. The highest BCUT2D eigenvalue weighted by Crippen LogP contribution is 2.31. The quantitative estimate of drug-likeness (QED) is 0.878. The number of halogens is 2. The molecular formula is C14H13Cl2N3. The molecule has 19 heavy (non-hydrogen) atoms. The molecule has 0 spiro atoms. The molecule has 0 unspecified atom stereocenters. The van der Waals surface area contributed by atoms with Crippen LogP contribution in [0.1, 0.15) is 12.7 Å². The first-order chi connectivity index (χ1) is 9.08. The largest absolute Gasteiger partial charge is 0.383 e. The molecule has 0 saturated carbocycles. The average Bonchev–Trinajstić information content (AvgIpc) is 2.71. The standard InChI is InChI=1S/C14H13Cl2N3/c1-3-7-19-12(4-2)18-13(14(19)17)9-5-6-10(15)11(16)8-9/h1,5-6,8H,4,7,17H2,2H3. The van der Waals surface area contributed by atoms with E-state index in [1.165, 1.54) is 0 Å². The van der Waals surface area contributed by atoms with E-state index in [4.69, 9.17) is 35.4 Å². The number of hydrogen-bond donors (Lipinski definition) is 1. The Morgan fingerprint density at radius 3 is 2.68 bits per heavy atom. The van der Waals surface area contributed by atoms with Crippen molar-refractivity contribution in [2.45, 2.75) is 19.9 Å². The highest BCUT2D eigenvalue weighted by molar-refractivity contribution is 6.42. The number of terminal acetylenes is 1. The van der Waals surface area contributed by atoms with E-state index in [1.807, 2.05) is 17.6 Å². The highest BCUT2D eigenvalue weighted by atomic mass is 35.5. The molecule has 0 aliphatic heterocycles. The summed E-state index contributed by atoms with van der Waals surface area (Å²) in [6.45, 7) is 2.41. The van der Waals surface area contributed by atoms with Crippen molar-refractivity contribution in [1.82, 2.24) is 9.55 Å². The second-order valence-corrected chi connectivity index (χ2v) is 4.85. The molecule has 0 aliphatic rings. The van der Waals surface area contributed by atoms with Gasteiger partial charge in [0, 0.05) is 12.0 Å². The third kappa shape index (κ3) is 2.56. The van der Waals surface area contributed by atoms with Crippen LogP contribution in [-0.2, 0) is 13.0 Å². The Hall–Kier alpha value is -1.63. The van der Waals surface area contributed by atoms with Crippen LogP contribution in [0.3, 0.4) is 0 Å². The van der Waals surface area contributed by atoms with Crippen LogP contribution in [0, 0.1) is 12.3 Å².